The van der Waals surface area contributed by atoms with Gasteiger partial charge in [0.05, 0.1) is 0 Å². The lowest BCUT2D eigenvalue weighted by Crippen LogP contribution is -1.89. The first-order valence-corrected chi connectivity index (χ1v) is 5.60. The molecule has 0 unspecified atom stereocenters. The van der Waals surface area contributed by atoms with Crippen LogP contribution in [0.3, 0.4) is 0 Å². The molecule has 0 amide bonds. The maximum atomic E-state index is 5.84. The third-order valence-corrected chi connectivity index (χ3v) is 2.67. The molecule has 0 radical (unpaired) electrons. The van der Waals surface area contributed by atoms with Gasteiger partial charge < -0.3 is 5.73 Å². The van der Waals surface area contributed by atoms with E-state index >= 15 is 0 Å². The molecule has 1 heteroatoms. The van der Waals surface area contributed by atoms with Crippen molar-refractivity contribution in [3.8, 4) is 11.8 Å². The molecule has 84 valence electrons. The fourth-order valence-electron chi connectivity index (χ4n) is 1.70. The molecule has 0 saturated heterocycles. The van der Waals surface area contributed by atoms with Crippen LogP contribution < -0.4 is 5.73 Å². The average Bonchev–Trinajstić information content (AvgIpc) is 2.30. The topological polar surface area (TPSA) is 26.0 Å². The minimum atomic E-state index is 0.727. The van der Waals surface area contributed by atoms with E-state index in [1.165, 1.54) is 11.1 Å². The van der Waals surface area contributed by atoms with E-state index in [2.05, 4.69) is 43.9 Å². The van der Waals surface area contributed by atoms with E-state index in [-0.39, 0.29) is 0 Å². The second kappa shape index (κ2) is 4.76. The Morgan fingerprint density at radius 3 is 2.29 bits per heavy atom. The highest BCUT2D eigenvalue weighted by Crippen LogP contribution is 2.11. The average molecular weight is 221 g/mol. The molecular weight excluding hydrogens is 206 g/mol. The summed E-state index contributed by atoms with van der Waals surface area (Å²) in [5, 5.41) is 0. The highest BCUT2D eigenvalue weighted by molar-refractivity contribution is 5.57. The van der Waals surface area contributed by atoms with Crippen molar-refractivity contribution in [2.75, 3.05) is 5.73 Å². The zero-order chi connectivity index (χ0) is 12.3. The summed E-state index contributed by atoms with van der Waals surface area (Å²) in [4.78, 5) is 0. The summed E-state index contributed by atoms with van der Waals surface area (Å²) < 4.78 is 0. The van der Waals surface area contributed by atoms with Crippen molar-refractivity contribution < 1.29 is 0 Å². The second-order valence-corrected chi connectivity index (χ2v) is 4.16. The Labute approximate surface area is 102 Å². The molecule has 0 aromatic heterocycles. The molecule has 0 aliphatic heterocycles. The fourth-order valence-corrected chi connectivity index (χ4v) is 1.70. The van der Waals surface area contributed by atoms with E-state index in [0.717, 1.165) is 16.8 Å². The van der Waals surface area contributed by atoms with E-state index in [1.807, 2.05) is 24.3 Å². The minimum Gasteiger partial charge on any atom is -0.398 e. The predicted octanol–water partition coefficient (Wildman–Crippen LogP) is 3.29. The van der Waals surface area contributed by atoms with Gasteiger partial charge >= 0.3 is 0 Å². The predicted molar refractivity (Wildman–Crippen MR) is 72.8 cm³/mol. The standard InChI is InChI=1S/C16H15N/c1-12-7-8-14(13(2)11-12)9-10-15-5-3-4-6-16(15)17/h3-8,11H,17H2,1-2H3. The molecule has 1 nitrogen and oxygen atoms in total. The van der Waals surface area contributed by atoms with Crippen molar-refractivity contribution in [1.29, 1.82) is 0 Å². The zero-order valence-electron chi connectivity index (χ0n) is 10.1. The third kappa shape index (κ3) is 2.68. The molecule has 0 fully saturated rings. The number of hydrogen-bond acceptors (Lipinski definition) is 1. The lowest BCUT2D eigenvalue weighted by molar-refractivity contribution is 1.36. The van der Waals surface area contributed by atoms with Crippen LogP contribution in [0.2, 0.25) is 0 Å². The second-order valence-electron chi connectivity index (χ2n) is 4.16. The molecule has 0 heterocycles. The van der Waals surface area contributed by atoms with Crippen LogP contribution in [0.1, 0.15) is 22.3 Å². The van der Waals surface area contributed by atoms with Crippen LogP contribution in [-0.4, -0.2) is 0 Å². The van der Waals surface area contributed by atoms with Gasteiger partial charge in [-0.05, 0) is 37.6 Å². The summed E-state index contributed by atoms with van der Waals surface area (Å²) in [7, 11) is 0. The first-order valence-electron chi connectivity index (χ1n) is 5.60. The number of rotatable bonds is 0. The zero-order valence-corrected chi connectivity index (χ0v) is 10.1. The number of aryl methyl sites for hydroxylation is 2. The third-order valence-electron chi connectivity index (χ3n) is 2.67. The maximum Gasteiger partial charge on any atom is 0.0478 e. The van der Waals surface area contributed by atoms with Crippen molar-refractivity contribution in [3.63, 3.8) is 0 Å². The normalized spacial score (nSPS) is 9.53. The smallest absolute Gasteiger partial charge is 0.0478 e. The first-order chi connectivity index (χ1) is 8.16. The SMILES string of the molecule is Cc1ccc(C#Cc2ccccc2N)c(C)c1. The van der Waals surface area contributed by atoms with Crippen LogP contribution in [0, 0.1) is 25.7 Å². The molecule has 0 saturated carbocycles. The number of hydrogen-bond donors (Lipinski definition) is 1. The van der Waals surface area contributed by atoms with Crippen molar-refractivity contribution in [2.45, 2.75) is 13.8 Å². The molecule has 17 heavy (non-hydrogen) atoms. The Balaban J connectivity index is 2.37. The Morgan fingerprint density at radius 2 is 1.59 bits per heavy atom. The summed E-state index contributed by atoms with van der Waals surface area (Å²) >= 11 is 0. The summed E-state index contributed by atoms with van der Waals surface area (Å²) in [5.41, 5.74) is 11.0. The molecule has 2 aromatic carbocycles. The summed E-state index contributed by atoms with van der Waals surface area (Å²) in [6, 6.07) is 13.9. The lowest BCUT2D eigenvalue weighted by Gasteiger charge is -1.99. The van der Waals surface area contributed by atoms with Gasteiger partial charge in [-0.15, -0.1) is 0 Å². The van der Waals surface area contributed by atoms with Gasteiger partial charge in [0.15, 0.2) is 0 Å². The van der Waals surface area contributed by atoms with Gasteiger partial charge in [-0.3, -0.25) is 0 Å². The number of anilines is 1. The van der Waals surface area contributed by atoms with Crippen LogP contribution >= 0.6 is 0 Å². The van der Waals surface area contributed by atoms with Crippen molar-refractivity contribution in [2.24, 2.45) is 0 Å². The minimum absolute atomic E-state index is 0.727. The van der Waals surface area contributed by atoms with E-state index in [1.54, 1.807) is 0 Å². The van der Waals surface area contributed by atoms with Crippen LogP contribution in [0.5, 0.6) is 0 Å². The van der Waals surface area contributed by atoms with Gasteiger partial charge in [-0.1, -0.05) is 41.7 Å². The van der Waals surface area contributed by atoms with Gasteiger partial charge in [0.25, 0.3) is 0 Å². The van der Waals surface area contributed by atoms with Gasteiger partial charge in [-0.25, -0.2) is 0 Å². The van der Waals surface area contributed by atoms with Crippen LogP contribution in [-0.2, 0) is 0 Å². The summed E-state index contributed by atoms with van der Waals surface area (Å²) in [6.45, 7) is 4.16. The molecule has 0 spiro atoms. The maximum absolute atomic E-state index is 5.84. The molecule has 2 rings (SSSR count). The fraction of sp³-hybridized carbons (Fsp3) is 0.125. The quantitative estimate of drug-likeness (QED) is 0.536. The van der Waals surface area contributed by atoms with Crippen LogP contribution in [0.15, 0.2) is 42.5 Å². The van der Waals surface area contributed by atoms with Crippen molar-refractivity contribution in [3.05, 3.63) is 64.7 Å². The summed E-state index contributed by atoms with van der Waals surface area (Å²) in [5.74, 6) is 6.28. The van der Waals surface area contributed by atoms with Gasteiger partial charge in [0, 0.05) is 16.8 Å². The van der Waals surface area contributed by atoms with Gasteiger partial charge in [0.2, 0.25) is 0 Å². The van der Waals surface area contributed by atoms with Crippen LogP contribution in [0.4, 0.5) is 5.69 Å². The largest absolute Gasteiger partial charge is 0.398 e. The lowest BCUT2D eigenvalue weighted by atomic mass is 10.1. The highest BCUT2D eigenvalue weighted by atomic mass is 14.5. The number of benzene rings is 2. The number of nitrogens with two attached hydrogens (primary N) is 1. The molecule has 2 N–H and O–H groups in total. The molecule has 0 bridgehead atoms. The molecular formula is C16H15N. The van der Waals surface area contributed by atoms with Crippen LogP contribution in [0.25, 0.3) is 0 Å². The molecule has 2 aromatic rings. The van der Waals surface area contributed by atoms with Gasteiger partial charge in [0.1, 0.15) is 0 Å². The van der Waals surface area contributed by atoms with E-state index in [9.17, 15) is 0 Å². The monoisotopic (exact) mass is 221 g/mol. The highest BCUT2D eigenvalue weighted by Gasteiger charge is 1.95. The molecule has 0 aliphatic carbocycles. The van der Waals surface area contributed by atoms with E-state index < -0.39 is 0 Å². The number of para-hydroxylation sites is 1. The van der Waals surface area contributed by atoms with Crippen molar-refractivity contribution in [1.82, 2.24) is 0 Å². The van der Waals surface area contributed by atoms with Gasteiger partial charge in [-0.2, -0.15) is 0 Å². The summed E-state index contributed by atoms with van der Waals surface area (Å²) in [6.07, 6.45) is 0. The Kier molecular flexibility index (Phi) is 3.16. The van der Waals surface area contributed by atoms with Crippen molar-refractivity contribution >= 4 is 5.69 Å². The number of nitrogen functional groups attached to an aromatic ring is 1. The molecule has 0 atom stereocenters. The first kappa shape index (κ1) is 11.3. The Bertz CT molecular complexity index is 600. The Hall–Kier alpha value is -2.20. The Morgan fingerprint density at radius 1 is 0.882 bits per heavy atom. The van der Waals surface area contributed by atoms with E-state index in [4.69, 9.17) is 5.73 Å². The molecule has 0 aliphatic rings. The van der Waals surface area contributed by atoms with E-state index in [0.29, 0.717) is 0 Å².